The molecule has 0 saturated carbocycles. The van der Waals surface area contributed by atoms with Gasteiger partial charge in [0.15, 0.2) is 0 Å². The predicted molar refractivity (Wildman–Crippen MR) is 125 cm³/mol. The normalized spacial score (nSPS) is 18.6. The summed E-state index contributed by atoms with van der Waals surface area (Å²) in [6.07, 6.45) is 8.80. The van der Waals surface area contributed by atoms with E-state index in [4.69, 9.17) is 0 Å². The second kappa shape index (κ2) is 10.9. The molecule has 1 amide bonds. The lowest BCUT2D eigenvalue weighted by Crippen LogP contribution is -2.42. The van der Waals surface area contributed by atoms with Gasteiger partial charge in [0.2, 0.25) is 11.9 Å². The molecule has 32 heavy (non-hydrogen) atoms. The smallest absolute Gasteiger partial charge is 0.225 e. The molecule has 1 N–H and O–H groups in total. The molecule has 3 heterocycles. The fourth-order valence-electron chi connectivity index (χ4n) is 4.56. The van der Waals surface area contributed by atoms with Gasteiger partial charge in [-0.05, 0) is 75.4 Å². The van der Waals surface area contributed by atoms with Crippen LogP contribution in [0, 0.1) is 17.7 Å². The van der Waals surface area contributed by atoms with Crippen LogP contribution in [0.3, 0.4) is 0 Å². The molecule has 7 heteroatoms. The summed E-state index contributed by atoms with van der Waals surface area (Å²) in [5.74, 6) is 1.54. The van der Waals surface area contributed by atoms with Gasteiger partial charge in [-0.3, -0.25) is 4.79 Å². The Labute approximate surface area is 190 Å². The number of anilines is 1. The number of nitrogens with zero attached hydrogens (tertiary/aromatic N) is 4. The van der Waals surface area contributed by atoms with Crippen molar-refractivity contribution in [3.8, 4) is 11.1 Å². The maximum atomic E-state index is 13.1. The lowest BCUT2D eigenvalue weighted by Gasteiger charge is -2.31. The summed E-state index contributed by atoms with van der Waals surface area (Å²) in [5.41, 5.74) is 1.75. The first-order chi connectivity index (χ1) is 15.6. The van der Waals surface area contributed by atoms with Crippen LogP contribution in [0.5, 0.6) is 0 Å². The quantitative estimate of drug-likeness (QED) is 0.666. The number of amides is 1. The fourth-order valence-corrected chi connectivity index (χ4v) is 4.56. The molecule has 0 atom stereocenters. The van der Waals surface area contributed by atoms with E-state index in [9.17, 15) is 9.18 Å². The molecule has 2 aromatic rings. The number of hydrogen-bond donors (Lipinski definition) is 1. The van der Waals surface area contributed by atoms with Gasteiger partial charge in [0.25, 0.3) is 0 Å². The van der Waals surface area contributed by atoms with Gasteiger partial charge in [-0.25, -0.2) is 14.4 Å². The third-order valence-electron chi connectivity index (χ3n) is 6.79. The summed E-state index contributed by atoms with van der Waals surface area (Å²) in [4.78, 5) is 26.2. The first kappa shape index (κ1) is 22.6. The zero-order valence-corrected chi connectivity index (χ0v) is 19.0. The molecule has 2 saturated heterocycles. The molecule has 0 aliphatic carbocycles. The highest BCUT2D eigenvalue weighted by molar-refractivity contribution is 5.78. The Morgan fingerprint density at radius 2 is 1.66 bits per heavy atom. The summed E-state index contributed by atoms with van der Waals surface area (Å²) in [6.45, 7) is 8.12. The highest BCUT2D eigenvalue weighted by atomic mass is 19.1. The van der Waals surface area contributed by atoms with Crippen molar-refractivity contribution in [3.63, 3.8) is 0 Å². The van der Waals surface area contributed by atoms with E-state index < -0.39 is 0 Å². The van der Waals surface area contributed by atoms with Gasteiger partial charge in [0.05, 0.1) is 0 Å². The zero-order valence-electron chi connectivity index (χ0n) is 19.0. The molecule has 4 rings (SSSR count). The van der Waals surface area contributed by atoms with Crippen LogP contribution >= 0.6 is 0 Å². The molecule has 172 valence electrons. The third-order valence-corrected chi connectivity index (χ3v) is 6.79. The largest absolute Gasteiger partial charge is 0.356 e. The molecule has 2 fully saturated rings. The van der Waals surface area contributed by atoms with Gasteiger partial charge in [0.1, 0.15) is 5.82 Å². The minimum atomic E-state index is -0.255. The summed E-state index contributed by atoms with van der Waals surface area (Å²) in [6, 6.07) is 6.33. The highest BCUT2D eigenvalue weighted by Crippen LogP contribution is 2.23. The van der Waals surface area contributed by atoms with Crippen LogP contribution in [0.1, 0.15) is 39.0 Å². The predicted octanol–water partition coefficient (Wildman–Crippen LogP) is 3.74. The topological polar surface area (TPSA) is 61.4 Å². The standard InChI is InChI=1S/C25H34FN5O/c1-19-7-13-30(14-8-19)12-2-11-27-24(32)21-9-15-31(16-10-21)25-28-17-22(18-29-25)20-3-5-23(26)6-4-20/h3-6,17-19,21H,2,7-16H2,1H3,(H,27,32). The molecule has 0 unspecified atom stereocenters. The minimum Gasteiger partial charge on any atom is -0.356 e. The molecular formula is C25H34FN5O. The van der Waals surface area contributed by atoms with Crippen molar-refractivity contribution >= 4 is 11.9 Å². The molecule has 0 spiro atoms. The molecule has 1 aromatic carbocycles. The van der Waals surface area contributed by atoms with E-state index in [-0.39, 0.29) is 17.6 Å². The van der Waals surface area contributed by atoms with E-state index in [0.29, 0.717) is 5.95 Å². The van der Waals surface area contributed by atoms with E-state index in [0.717, 1.165) is 62.5 Å². The van der Waals surface area contributed by atoms with Crippen molar-refractivity contribution in [2.24, 2.45) is 11.8 Å². The Bertz CT molecular complexity index is 857. The second-order valence-corrected chi connectivity index (χ2v) is 9.21. The fraction of sp³-hybridized carbons (Fsp3) is 0.560. The zero-order chi connectivity index (χ0) is 22.3. The molecule has 2 aliphatic heterocycles. The van der Waals surface area contributed by atoms with E-state index >= 15 is 0 Å². The molecule has 6 nitrogen and oxygen atoms in total. The molecule has 0 radical (unpaired) electrons. The first-order valence-electron chi connectivity index (χ1n) is 11.9. The average molecular weight is 440 g/mol. The molecular weight excluding hydrogens is 405 g/mol. The number of carbonyl (C=O) groups is 1. The maximum absolute atomic E-state index is 13.1. The minimum absolute atomic E-state index is 0.0700. The average Bonchev–Trinajstić information content (AvgIpc) is 2.83. The lowest BCUT2D eigenvalue weighted by molar-refractivity contribution is -0.125. The summed E-state index contributed by atoms with van der Waals surface area (Å²) in [5, 5.41) is 3.14. The van der Waals surface area contributed by atoms with E-state index in [1.165, 1.54) is 38.1 Å². The Hall–Kier alpha value is -2.54. The number of aromatic nitrogens is 2. The van der Waals surface area contributed by atoms with E-state index in [1.807, 2.05) is 0 Å². The SMILES string of the molecule is CC1CCN(CCCNC(=O)C2CCN(c3ncc(-c4ccc(F)cc4)cn3)CC2)CC1. The first-order valence-corrected chi connectivity index (χ1v) is 11.9. The van der Waals surface area contributed by atoms with Gasteiger partial charge in [-0.1, -0.05) is 19.1 Å². The van der Waals surface area contributed by atoms with Gasteiger partial charge in [-0.2, -0.15) is 0 Å². The Kier molecular flexibility index (Phi) is 7.68. The van der Waals surface area contributed by atoms with Gasteiger partial charge >= 0.3 is 0 Å². The Morgan fingerprint density at radius 3 is 2.31 bits per heavy atom. The third kappa shape index (κ3) is 6.03. The Balaban J connectivity index is 1.17. The van der Waals surface area contributed by atoms with E-state index in [2.05, 4.69) is 32.0 Å². The van der Waals surface area contributed by atoms with Crippen LogP contribution in [-0.4, -0.2) is 60.0 Å². The monoisotopic (exact) mass is 439 g/mol. The number of piperidine rings is 2. The van der Waals surface area contributed by atoms with Crippen LogP contribution in [0.2, 0.25) is 0 Å². The number of carbonyl (C=O) groups excluding carboxylic acids is 1. The van der Waals surface area contributed by atoms with E-state index in [1.54, 1.807) is 24.5 Å². The number of hydrogen-bond acceptors (Lipinski definition) is 5. The molecule has 1 aromatic heterocycles. The van der Waals surface area contributed by atoms with Gasteiger partial charge < -0.3 is 15.1 Å². The van der Waals surface area contributed by atoms with Crippen LogP contribution in [0.15, 0.2) is 36.7 Å². The molecule has 0 bridgehead atoms. The van der Waals surface area contributed by atoms with Gasteiger partial charge in [0, 0.05) is 43.5 Å². The van der Waals surface area contributed by atoms with Crippen LogP contribution in [0.25, 0.3) is 11.1 Å². The van der Waals surface area contributed by atoms with Gasteiger partial charge in [-0.15, -0.1) is 0 Å². The summed E-state index contributed by atoms with van der Waals surface area (Å²) >= 11 is 0. The number of halogens is 1. The van der Waals surface area contributed by atoms with Crippen molar-refractivity contribution in [2.75, 3.05) is 44.2 Å². The number of likely N-dealkylation sites (tertiary alicyclic amines) is 1. The lowest BCUT2D eigenvalue weighted by atomic mass is 9.96. The summed E-state index contributed by atoms with van der Waals surface area (Å²) in [7, 11) is 0. The van der Waals surface area contributed by atoms with Crippen LogP contribution < -0.4 is 10.2 Å². The molecule has 2 aliphatic rings. The van der Waals surface area contributed by atoms with Crippen molar-refractivity contribution in [3.05, 3.63) is 42.5 Å². The number of rotatable bonds is 7. The number of benzene rings is 1. The van der Waals surface area contributed by atoms with Crippen molar-refractivity contribution in [1.82, 2.24) is 20.2 Å². The van der Waals surface area contributed by atoms with Crippen molar-refractivity contribution in [2.45, 2.75) is 39.0 Å². The van der Waals surface area contributed by atoms with Crippen LogP contribution in [0.4, 0.5) is 10.3 Å². The second-order valence-electron chi connectivity index (χ2n) is 9.21. The Morgan fingerprint density at radius 1 is 1.00 bits per heavy atom. The van der Waals surface area contributed by atoms with Crippen molar-refractivity contribution in [1.29, 1.82) is 0 Å². The van der Waals surface area contributed by atoms with Crippen LogP contribution in [-0.2, 0) is 4.79 Å². The van der Waals surface area contributed by atoms with Crippen molar-refractivity contribution < 1.29 is 9.18 Å². The maximum Gasteiger partial charge on any atom is 0.225 e. The highest BCUT2D eigenvalue weighted by Gasteiger charge is 2.26. The number of nitrogens with one attached hydrogen (secondary N) is 1. The summed E-state index contributed by atoms with van der Waals surface area (Å²) < 4.78 is 13.1.